The molecule has 1 fully saturated rings. The van der Waals surface area contributed by atoms with E-state index >= 15 is 0 Å². The van der Waals surface area contributed by atoms with Crippen LogP contribution in [0, 0.1) is 0 Å². The predicted octanol–water partition coefficient (Wildman–Crippen LogP) is 2.68. The van der Waals surface area contributed by atoms with Gasteiger partial charge in [-0.1, -0.05) is 17.3 Å². The quantitative estimate of drug-likeness (QED) is 0.942. The van der Waals surface area contributed by atoms with Gasteiger partial charge in [-0.3, -0.25) is 0 Å². The first-order chi connectivity index (χ1) is 9.92. The first-order valence-corrected chi connectivity index (χ1v) is 6.46. The molecule has 0 saturated heterocycles. The van der Waals surface area contributed by atoms with Crippen LogP contribution in [0.4, 0.5) is 19.0 Å². The van der Waals surface area contributed by atoms with Gasteiger partial charge in [0, 0.05) is 5.92 Å². The van der Waals surface area contributed by atoms with E-state index in [-0.39, 0.29) is 5.75 Å². The fourth-order valence-electron chi connectivity index (χ4n) is 2.20. The molecule has 3 rings (SSSR count). The maximum absolute atomic E-state index is 12.1. The van der Waals surface area contributed by atoms with Crippen LogP contribution in [0.2, 0.25) is 0 Å². The number of nitrogens with zero attached hydrogens (tertiary/aromatic N) is 3. The average molecular weight is 298 g/mol. The van der Waals surface area contributed by atoms with Gasteiger partial charge in [0.1, 0.15) is 5.75 Å². The molecule has 0 unspecified atom stereocenters. The Hall–Kier alpha value is -2.25. The number of nitrogen functional groups attached to an aromatic ring is 1. The molecule has 0 aliphatic heterocycles. The van der Waals surface area contributed by atoms with Crippen LogP contribution in [-0.4, -0.2) is 21.4 Å². The number of ether oxygens (including phenoxy) is 1. The van der Waals surface area contributed by atoms with E-state index in [2.05, 4.69) is 15.0 Å². The molecule has 1 aliphatic rings. The number of aromatic nitrogens is 3. The van der Waals surface area contributed by atoms with Crippen molar-refractivity contribution < 1.29 is 17.9 Å². The summed E-state index contributed by atoms with van der Waals surface area (Å²) in [4.78, 5) is 0. The lowest BCUT2D eigenvalue weighted by Gasteiger charge is -2.10. The number of hydrogen-bond acceptors (Lipinski definition) is 4. The summed E-state index contributed by atoms with van der Waals surface area (Å²) in [5.41, 5.74) is 7.50. The van der Waals surface area contributed by atoms with Crippen LogP contribution in [-0.2, 0) is 6.54 Å². The third kappa shape index (κ3) is 3.26. The standard InChI is InChI=1S/C13H13F3N4O/c14-13(15,16)21-10-5-1-8(2-6-10)7-20-11(9-3-4-9)12(17)18-19-20/h1-2,5-6,9H,3-4,7,17H2. The number of nitrogens with two attached hydrogens (primary N) is 1. The molecule has 5 nitrogen and oxygen atoms in total. The van der Waals surface area contributed by atoms with Gasteiger partial charge in [0.25, 0.3) is 0 Å². The topological polar surface area (TPSA) is 66.0 Å². The van der Waals surface area contributed by atoms with Crippen LogP contribution in [0.15, 0.2) is 24.3 Å². The Morgan fingerprint density at radius 1 is 1.24 bits per heavy atom. The third-order valence-corrected chi connectivity index (χ3v) is 3.25. The van der Waals surface area contributed by atoms with Crippen molar-refractivity contribution in [3.05, 3.63) is 35.5 Å². The van der Waals surface area contributed by atoms with Gasteiger partial charge in [0.2, 0.25) is 0 Å². The van der Waals surface area contributed by atoms with Crippen molar-refractivity contribution in [2.75, 3.05) is 5.73 Å². The van der Waals surface area contributed by atoms with Gasteiger partial charge in [-0.2, -0.15) is 0 Å². The second kappa shape index (κ2) is 4.94. The average Bonchev–Trinajstić information content (AvgIpc) is 3.16. The maximum Gasteiger partial charge on any atom is 0.573 e. The molecule has 0 atom stereocenters. The summed E-state index contributed by atoms with van der Waals surface area (Å²) < 4.78 is 41.8. The van der Waals surface area contributed by atoms with Gasteiger partial charge in [-0.25, -0.2) is 4.68 Å². The number of rotatable bonds is 4. The lowest BCUT2D eigenvalue weighted by Crippen LogP contribution is -2.17. The molecule has 0 amide bonds. The monoisotopic (exact) mass is 298 g/mol. The van der Waals surface area contributed by atoms with Crippen LogP contribution in [0.1, 0.15) is 30.0 Å². The van der Waals surface area contributed by atoms with E-state index in [9.17, 15) is 13.2 Å². The van der Waals surface area contributed by atoms with Crippen molar-refractivity contribution in [3.8, 4) is 5.75 Å². The number of anilines is 1. The normalized spacial score (nSPS) is 15.2. The molecule has 2 aromatic rings. The highest BCUT2D eigenvalue weighted by Crippen LogP contribution is 2.42. The highest BCUT2D eigenvalue weighted by atomic mass is 19.4. The summed E-state index contributed by atoms with van der Waals surface area (Å²) >= 11 is 0. The Morgan fingerprint density at radius 3 is 2.48 bits per heavy atom. The highest BCUT2D eigenvalue weighted by Gasteiger charge is 2.31. The van der Waals surface area contributed by atoms with Gasteiger partial charge in [-0.05, 0) is 30.5 Å². The summed E-state index contributed by atoms with van der Waals surface area (Å²) in [6, 6.07) is 5.69. The van der Waals surface area contributed by atoms with E-state index in [4.69, 9.17) is 5.73 Å². The molecule has 0 bridgehead atoms. The molecule has 112 valence electrons. The van der Waals surface area contributed by atoms with Gasteiger partial charge in [0.15, 0.2) is 5.82 Å². The molecular weight excluding hydrogens is 285 g/mol. The molecule has 1 aromatic heterocycles. The van der Waals surface area contributed by atoms with E-state index in [0.29, 0.717) is 18.3 Å². The van der Waals surface area contributed by atoms with Crippen LogP contribution < -0.4 is 10.5 Å². The highest BCUT2D eigenvalue weighted by molar-refractivity contribution is 5.38. The molecule has 0 spiro atoms. The SMILES string of the molecule is Nc1nnn(Cc2ccc(OC(F)(F)F)cc2)c1C1CC1. The van der Waals surface area contributed by atoms with E-state index in [0.717, 1.165) is 24.1 Å². The van der Waals surface area contributed by atoms with Gasteiger partial charge < -0.3 is 10.5 Å². The second-order valence-electron chi connectivity index (χ2n) is 4.98. The van der Waals surface area contributed by atoms with Gasteiger partial charge in [-0.15, -0.1) is 18.3 Å². The number of benzene rings is 1. The van der Waals surface area contributed by atoms with E-state index in [1.54, 1.807) is 16.8 Å². The van der Waals surface area contributed by atoms with Crippen molar-refractivity contribution in [1.29, 1.82) is 0 Å². The van der Waals surface area contributed by atoms with Gasteiger partial charge in [0.05, 0.1) is 12.2 Å². The van der Waals surface area contributed by atoms with E-state index in [1.165, 1.54) is 12.1 Å². The number of alkyl halides is 3. The molecule has 0 radical (unpaired) electrons. The molecule has 1 heterocycles. The summed E-state index contributed by atoms with van der Waals surface area (Å²) in [7, 11) is 0. The van der Waals surface area contributed by atoms with E-state index < -0.39 is 6.36 Å². The van der Waals surface area contributed by atoms with Crippen LogP contribution in [0.3, 0.4) is 0 Å². The Bertz CT molecular complexity index is 632. The zero-order chi connectivity index (χ0) is 15.0. The fourth-order valence-corrected chi connectivity index (χ4v) is 2.20. The second-order valence-corrected chi connectivity index (χ2v) is 4.98. The molecule has 21 heavy (non-hydrogen) atoms. The van der Waals surface area contributed by atoms with Crippen molar-refractivity contribution in [3.63, 3.8) is 0 Å². The lowest BCUT2D eigenvalue weighted by molar-refractivity contribution is -0.274. The fraction of sp³-hybridized carbons (Fsp3) is 0.385. The molecule has 2 N–H and O–H groups in total. The summed E-state index contributed by atoms with van der Waals surface area (Å²) in [6.45, 7) is 0.419. The van der Waals surface area contributed by atoms with Crippen molar-refractivity contribution in [1.82, 2.24) is 15.0 Å². The first-order valence-electron chi connectivity index (χ1n) is 6.46. The molecular formula is C13H13F3N4O. The number of halogens is 3. The zero-order valence-electron chi connectivity index (χ0n) is 11.0. The molecule has 1 aromatic carbocycles. The minimum absolute atomic E-state index is 0.244. The first kappa shape index (κ1) is 13.7. The Morgan fingerprint density at radius 2 is 1.90 bits per heavy atom. The Balaban J connectivity index is 1.74. The predicted molar refractivity (Wildman–Crippen MR) is 68.6 cm³/mol. The summed E-state index contributed by atoms with van der Waals surface area (Å²) in [5.74, 6) is 0.578. The van der Waals surface area contributed by atoms with Crippen LogP contribution in [0.5, 0.6) is 5.75 Å². The Labute approximate surface area is 118 Å². The van der Waals surface area contributed by atoms with Gasteiger partial charge >= 0.3 is 6.36 Å². The van der Waals surface area contributed by atoms with E-state index in [1.807, 2.05) is 0 Å². The van der Waals surface area contributed by atoms with Crippen molar-refractivity contribution in [2.45, 2.75) is 31.7 Å². The zero-order valence-corrected chi connectivity index (χ0v) is 11.0. The summed E-state index contributed by atoms with van der Waals surface area (Å²) in [5, 5.41) is 7.84. The maximum atomic E-state index is 12.1. The molecule has 1 aliphatic carbocycles. The smallest absolute Gasteiger partial charge is 0.406 e. The minimum atomic E-state index is -4.68. The lowest BCUT2D eigenvalue weighted by atomic mass is 10.2. The summed E-state index contributed by atoms with van der Waals surface area (Å²) in [6.07, 6.45) is -2.55. The largest absolute Gasteiger partial charge is 0.573 e. The minimum Gasteiger partial charge on any atom is -0.406 e. The third-order valence-electron chi connectivity index (χ3n) is 3.25. The number of hydrogen-bond donors (Lipinski definition) is 1. The Kier molecular flexibility index (Phi) is 3.23. The molecule has 1 saturated carbocycles. The van der Waals surface area contributed by atoms with Crippen molar-refractivity contribution >= 4 is 5.82 Å². The molecule has 8 heteroatoms. The van der Waals surface area contributed by atoms with Crippen LogP contribution >= 0.6 is 0 Å². The van der Waals surface area contributed by atoms with Crippen LogP contribution in [0.25, 0.3) is 0 Å². The van der Waals surface area contributed by atoms with Crippen molar-refractivity contribution in [2.24, 2.45) is 0 Å².